The molecule has 5 nitrogen and oxygen atoms in total. The van der Waals surface area contributed by atoms with Gasteiger partial charge in [-0.05, 0) is 39.2 Å². The summed E-state index contributed by atoms with van der Waals surface area (Å²) < 4.78 is 0. The Balaban J connectivity index is 1.92. The molecule has 0 fully saturated rings. The van der Waals surface area contributed by atoms with Gasteiger partial charge >= 0.3 is 0 Å². The Labute approximate surface area is 144 Å². The highest BCUT2D eigenvalue weighted by molar-refractivity contribution is 5.92. The Morgan fingerprint density at radius 2 is 1.83 bits per heavy atom. The zero-order chi connectivity index (χ0) is 17.4. The molecule has 0 saturated heterocycles. The second-order valence-corrected chi connectivity index (χ2v) is 5.68. The van der Waals surface area contributed by atoms with Crippen LogP contribution in [0.1, 0.15) is 42.1 Å². The first kappa shape index (κ1) is 17.9. The fourth-order valence-electron chi connectivity index (χ4n) is 2.61. The van der Waals surface area contributed by atoms with E-state index in [1.807, 2.05) is 25.1 Å². The molecule has 1 N–H and O–H groups in total. The van der Waals surface area contributed by atoms with Gasteiger partial charge in [0.25, 0.3) is 5.91 Å². The molecule has 2 aromatic rings. The van der Waals surface area contributed by atoms with Crippen molar-refractivity contribution in [3.63, 3.8) is 0 Å². The topological polar surface area (TPSA) is 58.1 Å². The SMILES string of the molecule is CCN(CC)c1cc(C(=O)NCCCc2ccccc2)nc(C)n1. The highest BCUT2D eigenvalue weighted by Gasteiger charge is 2.12. The third kappa shape index (κ3) is 5.05. The van der Waals surface area contributed by atoms with Gasteiger partial charge in [0, 0.05) is 25.7 Å². The Kier molecular flexibility index (Phi) is 6.73. The van der Waals surface area contributed by atoms with E-state index in [1.165, 1.54) is 5.56 Å². The quantitative estimate of drug-likeness (QED) is 0.758. The van der Waals surface area contributed by atoms with Gasteiger partial charge in [0.15, 0.2) is 0 Å². The van der Waals surface area contributed by atoms with Crippen LogP contribution in [0, 0.1) is 6.92 Å². The normalized spacial score (nSPS) is 10.5. The number of hydrogen-bond acceptors (Lipinski definition) is 4. The molecule has 0 atom stereocenters. The van der Waals surface area contributed by atoms with Crippen molar-refractivity contribution in [1.82, 2.24) is 15.3 Å². The zero-order valence-electron chi connectivity index (χ0n) is 14.7. The first-order valence-electron chi connectivity index (χ1n) is 8.56. The number of rotatable bonds is 8. The lowest BCUT2D eigenvalue weighted by atomic mass is 10.1. The second-order valence-electron chi connectivity index (χ2n) is 5.68. The summed E-state index contributed by atoms with van der Waals surface area (Å²) in [7, 11) is 0. The van der Waals surface area contributed by atoms with E-state index in [4.69, 9.17) is 0 Å². The molecule has 1 heterocycles. The van der Waals surface area contributed by atoms with Gasteiger partial charge in [-0.15, -0.1) is 0 Å². The molecule has 2 rings (SSSR count). The van der Waals surface area contributed by atoms with Gasteiger partial charge in [-0.1, -0.05) is 30.3 Å². The van der Waals surface area contributed by atoms with Gasteiger partial charge < -0.3 is 10.2 Å². The van der Waals surface area contributed by atoms with E-state index in [1.54, 1.807) is 6.07 Å². The summed E-state index contributed by atoms with van der Waals surface area (Å²) in [6, 6.07) is 12.1. The lowest BCUT2D eigenvalue weighted by Crippen LogP contribution is -2.28. The summed E-state index contributed by atoms with van der Waals surface area (Å²) in [6.07, 6.45) is 1.86. The van der Waals surface area contributed by atoms with Crippen LogP contribution in [0.3, 0.4) is 0 Å². The summed E-state index contributed by atoms with van der Waals surface area (Å²) in [5.41, 5.74) is 1.72. The highest BCUT2D eigenvalue weighted by atomic mass is 16.1. The van der Waals surface area contributed by atoms with Gasteiger partial charge in [-0.2, -0.15) is 0 Å². The van der Waals surface area contributed by atoms with E-state index in [0.29, 0.717) is 18.1 Å². The average Bonchev–Trinajstić information content (AvgIpc) is 2.60. The van der Waals surface area contributed by atoms with Crippen molar-refractivity contribution in [1.29, 1.82) is 0 Å². The van der Waals surface area contributed by atoms with Crippen LogP contribution in [0.2, 0.25) is 0 Å². The Morgan fingerprint density at radius 3 is 2.50 bits per heavy atom. The number of hydrogen-bond donors (Lipinski definition) is 1. The molecule has 0 bridgehead atoms. The lowest BCUT2D eigenvalue weighted by molar-refractivity contribution is 0.0948. The maximum atomic E-state index is 12.3. The van der Waals surface area contributed by atoms with Gasteiger partial charge in [0.1, 0.15) is 17.3 Å². The number of carbonyl (C=O) groups is 1. The van der Waals surface area contributed by atoms with Crippen LogP contribution in [0.15, 0.2) is 36.4 Å². The van der Waals surface area contributed by atoms with Crippen LogP contribution >= 0.6 is 0 Å². The number of nitrogens with one attached hydrogen (secondary N) is 1. The van der Waals surface area contributed by atoms with Crippen molar-refractivity contribution in [2.45, 2.75) is 33.6 Å². The van der Waals surface area contributed by atoms with E-state index in [-0.39, 0.29) is 5.91 Å². The summed E-state index contributed by atoms with van der Waals surface area (Å²) >= 11 is 0. The van der Waals surface area contributed by atoms with Crippen LogP contribution in [0.25, 0.3) is 0 Å². The van der Waals surface area contributed by atoms with Crippen LogP contribution < -0.4 is 10.2 Å². The number of carbonyl (C=O) groups excluding carboxylic acids is 1. The molecule has 0 aliphatic heterocycles. The third-order valence-electron chi connectivity index (χ3n) is 3.92. The molecule has 0 radical (unpaired) electrons. The molecule has 24 heavy (non-hydrogen) atoms. The molecular weight excluding hydrogens is 300 g/mol. The zero-order valence-corrected chi connectivity index (χ0v) is 14.7. The molecule has 0 aliphatic rings. The number of anilines is 1. The van der Waals surface area contributed by atoms with Gasteiger partial charge in [0.05, 0.1) is 0 Å². The van der Waals surface area contributed by atoms with Crippen molar-refractivity contribution in [3.05, 3.63) is 53.5 Å². The van der Waals surface area contributed by atoms with E-state index < -0.39 is 0 Å². The molecule has 128 valence electrons. The van der Waals surface area contributed by atoms with Gasteiger partial charge in [-0.25, -0.2) is 9.97 Å². The molecule has 0 saturated carbocycles. The molecule has 1 aromatic heterocycles. The molecule has 0 unspecified atom stereocenters. The fourth-order valence-corrected chi connectivity index (χ4v) is 2.61. The highest BCUT2D eigenvalue weighted by Crippen LogP contribution is 2.12. The molecule has 0 aliphatic carbocycles. The van der Waals surface area contributed by atoms with Crippen LogP contribution in [-0.2, 0) is 6.42 Å². The van der Waals surface area contributed by atoms with Crippen molar-refractivity contribution in [2.75, 3.05) is 24.5 Å². The molecule has 1 aromatic carbocycles. The smallest absolute Gasteiger partial charge is 0.270 e. The molecule has 0 spiro atoms. The molecule has 1 amide bonds. The van der Waals surface area contributed by atoms with Crippen molar-refractivity contribution < 1.29 is 4.79 Å². The number of aryl methyl sites for hydroxylation is 2. The van der Waals surface area contributed by atoms with Gasteiger partial charge in [-0.3, -0.25) is 4.79 Å². The fraction of sp³-hybridized carbons (Fsp3) is 0.421. The maximum Gasteiger partial charge on any atom is 0.270 e. The van der Waals surface area contributed by atoms with Crippen molar-refractivity contribution >= 4 is 11.7 Å². The molecular formula is C19H26N4O. The Bertz CT molecular complexity index is 654. The van der Waals surface area contributed by atoms with E-state index >= 15 is 0 Å². The second kappa shape index (κ2) is 9.01. The Hall–Kier alpha value is -2.43. The minimum absolute atomic E-state index is 0.137. The standard InChI is InChI=1S/C19H26N4O/c1-4-23(5-2)18-14-17(21-15(3)22-18)19(24)20-13-9-12-16-10-7-6-8-11-16/h6-8,10-11,14H,4-5,9,12-13H2,1-3H3,(H,20,24). The van der Waals surface area contributed by atoms with Crippen LogP contribution in [0.5, 0.6) is 0 Å². The average molecular weight is 326 g/mol. The third-order valence-corrected chi connectivity index (χ3v) is 3.92. The number of aromatic nitrogens is 2. The lowest BCUT2D eigenvalue weighted by Gasteiger charge is -2.20. The summed E-state index contributed by atoms with van der Waals surface area (Å²) in [4.78, 5) is 23.2. The first-order chi connectivity index (χ1) is 11.6. The van der Waals surface area contributed by atoms with Crippen LogP contribution in [0.4, 0.5) is 5.82 Å². The number of nitrogens with zero attached hydrogens (tertiary/aromatic N) is 3. The number of amides is 1. The Morgan fingerprint density at radius 1 is 1.12 bits per heavy atom. The first-order valence-corrected chi connectivity index (χ1v) is 8.56. The van der Waals surface area contributed by atoms with Crippen molar-refractivity contribution in [2.24, 2.45) is 0 Å². The number of benzene rings is 1. The van der Waals surface area contributed by atoms with E-state index in [0.717, 1.165) is 31.7 Å². The minimum Gasteiger partial charge on any atom is -0.357 e. The molecule has 5 heteroatoms. The summed E-state index contributed by atoms with van der Waals surface area (Å²) in [5.74, 6) is 1.29. The van der Waals surface area contributed by atoms with E-state index in [2.05, 4.69) is 46.2 Å². The predicted molar refractivity (Wildman–Crippen MR) is 97.4 cm³/mol. The largest absolute Gasteiger partial charge is 0.357 e. The van der Waals surface area contributed by atoms with Crippen molar-refractivity contribution in [3.8, 4) is 0 Å². The monoisotopic (exact) mass is 326 g/mol. The van der Waals surface area contributed by atoms with Crippen LogP contribution in [-0.4, -0.2) is 35.5 Å². The summed E-state index contributed by atoms with van der Waals surface area (Å²) in [5, 5.41) is 2.95. The van der Waals surface area contributed by atoms with Gasteiger partial charge in [0.2, 0.25) is 0 Å². The summed E-state index contributed by atoms with van der Waals surface area (Å²) in [6.45, 7) is 8.31. The van der Waals surface area contributed by atoms with E-state index in [9.17, 15) is 4.79 Å². The maximum absolute atomic E-state index is 12.3. The minimum atomic E-state index is -0.137. The predicted octanol–water partition coefficient (Wildman–Crippen LogP) is 2.99.